The third-order valence-electron chi connectivity index (χ3n) is 4.90. The second kappa shape index (κ2) is 10.2. The molecule has 8 nitrogen and oxygen atoms in total. The largest absolute Gasteiger partial charge is 0.360 e. The Balaban J connectivity index is 1.60. The molecule has 2 N–H and O–H groups in total. The molecule has 0 unspecified atom stereocenters. The summed E-state index contributed by atoms with van der Waals surface area (Å²) < 4.78 is 59.1. The smallest absolute Gasteiger partial charge is 0.309 e. The van der Waals surface area contributed by atoms with E-state index in [1.165, 1.54) is 43.3 Å². The molecule has 0 aromatic heterocycles. The van der Waals surface area contributed by atoms with E-state index in [4.69, 9.17) is 4.74 Å². The highest BCUT2D eigenvalue weighted by atomic mass is 32.2. The average Bonchev–Trinajstić information content (AvgIpc) is 2.78. The Hall–Kier alpha value is -2.89. The molecule has 2 amide bonds. The number of halogens is 2. The number of sulfonamides is 1. The maximum absolute atomic E-state index is 13.5. The number of carbonyl (C=O) groups is 2. The van der Waals surface area contributed by atoms with Gasteiger partial charge in [-0.05, 0) is 54.8 Å². The van der Waals surface area contributed by atoms with Gasteiger partial charge in [0.05, 0.1) is 18.0 Å². The van der Waals surface area contributed by atoms with Crippen molar-refractivity contribution in [3.63, 3.8) is 0 Å². The van der Waals surface area contributed by atoms with Gasteiger partial charge in [0.2, 0.25) is 10.0 Å². The summed E-state index contributed by atoms with van der Waals surface area (Å²) in [7, 11) is -4.01. The highest BCUT2D eigenvalue weighted by Crippen LogP contribution is 2.23. The molecule has 11 heteroatoms. The maximum atomic E-state index is 13.5. The first kappa shape index (κ1) is 23.8. The number of nitrogens with zero attached hydrogens (tertiary/aromatic N) is 1. The topological polar surface area (TPSA) is 105 Å². The number of hydrogen-bond acceptors (Lipinski definition) is 5. The highest BCUT2D eigenvalue weighted by molar-refractivity contribution is 7.89. The van der Waals surface area contributed by atoms with Crippen molar-refractivity contribution in [2.75, 3.05) is 19.7 Å². The standard InChI is InChI=1S/C21H23F2N3O5S/c1-14-11-17(7-8-18(14)23)32(29,30)26-9-2-10-31-19(26)13-25-21(28)20(27)24-12-15-3-5-16(22)6-4-15/h3-8,11,19H,2,9-10,12-13H2,1H3,(H,24,27)(H,25,28)/t19-/m0/s1. The molecule has 0 aliphatic carbocycles. The number of benzene rings is 2. The summed E-state index contributed by atoms with van der Waals surface area (Å²) in [6.45, 7) is 1.67. The number of ether oxygens (including phenoxy) is 1. The molecule has 1 saturated heterocycles. The van der Waals surface area contributed by atoms with Crippen LogP contribution in [-0.4, -0.2) is 50.5 Å². The van der Waals surface area contributed by atoms with E-state index in [-0.39, 0.29) is 36.7 Å². The van der Waals surface area contributed by atoms with Gasteiger partial charge in [0.15, 0.2) is 0 Å². The third-order valence-corrected chi connectivity index (χ3v) is 6.78. The van der Waals surface area contributed by atoms with Crippen LogP contribution in [0.1, 0.15) is 17.5 Å². The summed E-state index contributed by atoms with van der Waals surface area (Å²) in [6.07, 6.45) is -0.574. The molecule has 1 atom stereocenters. The lowest BCUT2D eigenvalue weighted by Crippen LogP contribution is -2.53. The van der Waals surface area contributed by atoms with E-state index in [0.717, 1.165) is 10.4 Å². The van der Waals surface area contributed by atoms with Gasteiger partial charge in [0.1, 0.15) is 17.9 Å². The van der Waals surface area contributed by atoms with Crippen molar-refractivity contribution in [1.29, 1.82) is 0 Å². The van der Waals surface area contributed by atoms with E-state index in [9.17, 15) is 26.8 Å². The van der Waals surface area contributed by atoms with Gasteiger partial charge in [-0.25, -0.2) is 17.2 Å². The third kappa shape index (κ3) is 5.67. The molecule has 1 aliphatic heterocycles. The molecule has 1 aliphatic rings. The molecule has 2 aromatic carbocycles. The van der Waals surface area contributed by atoms with Crippen LogP contribution >= 0.6 is 0 Å². The first-order chi connectivity index (χ1) is 15.2. The number of hydrogen-bond donors (Lipinski definition) is 2. The van der Waals surface area contributed by atoms with Crippen molar-refractivity contribution in [3.8, 4) is 0 Å². The highest BCUT2D eigenvalue weighted by Gasteiger charge is 2.35. The minimum absolute atomic E-state index is 0.0247. The first-order valence-corrected chi connectivity index (χ1v) is 11.3. The summed E-state index contributed by atoms with van der Waals surface area (Å²) in [5.74, 6) is -2.82. The zero-order chi connectivity index (χ0) is 23.3. The van der Waals surface area contributed by atoms with E-state index in [1.54, 1.807) is 0 Å². The monoisotopic (exact) mass is 467 g/mol. The van der Waals surface area contributed by atoms with Crippen LogP contribution in [0.15, 0.2) is 47.4 Å². The molecule has 3 rings (SSSR count). The van der Waals surface area contributed by atoms with Gasteiger partial charge in [0.25, 0.3) is 0 Å². The van der Waals surface area contributed by atoms with Crippen molar-refractivity contribution in [2.24, 2.45) is 0 Å². The first-order valence-electron chi connectivity index (χ1n) is 9.88. The second-order valence-electron chi connectivity index (χ2n) is 7.22. The van der Waals surface area contributed by atoms with Crippen molar-refractivity contribution >= 4 is 21.8 Å². The van der Waals surface area contributed by atoms with Crippen molar-refractivity contribution < 1.29 is 31.5 Å². The Bertz CT molecular complexity index is 1090. The molecular formula is C21H23F2N3O5S. The van der Waals surface area contributed by atoms with E-state index in [0.29, 0.717) is 12.0 Å². The van der Waals surface area contributed by atoms with Crippen LogP contribution in [0.25, 0.3) is 0 Å². The van der Waals surface area contributed by atoms with Gasteiger partial charge in [-0.1, -0.05) is 12.1 Å². The summed E-state index contributed by atoms with van der Waals surface area (Å²) in [5.41, 5.74) is 0.793. The Morgan fingerprint density at radius 3 is 2.47 bits per heavy atom. The van der Waals surface area contributed by atoms with Crippen molar-refractivity contribution in [2.45, 2.75) is 31.0 Å². The lowest BCUT2D eigenvalue weighted by atomic mass is 10.2. The van der Waals surface area contributed by atoms with Crippen LogP contribution in [0.4, 0.5) is 8.78 Å². The van der Waals surface area contributed by atoms with Crippen LogP contribution < -0.4 is 10.6 Å². The van der Waals surface area contributed by atoms with E-state index in [1.807, 2.05) is 0 Å². The molecule has 1 fully saturated rings. The summed E-state index contributed by atoms with van der Waals surface area (Å²) >= 11 is 0. The SMILES string of the molecule is Cc1cc(S(=O)(=O)N2CCCO[C@H]2CNC(=O)C(=O)NCc2ccc(F)cc2)ccc1F. The summed E-state index contributed by atoms with van der Waals surface area (Å²) in [6, 6.07) is 8.91. The Kier molecular flexibility index (Phi) is 7.54. The number of nitrogens with one attached hydrogen (secondary N) is 2. The van der Waals surface area contributed by atoms with Crippen LogP contribution in [-0.2, 0) is 30.9 Å². The van der Waals surface area contributed by atoms with Gasteiger partial charge in [-0.3, -0.25) is 9.59 Å². The molecule has 0 radical (unpaired) electrons. The van der Waals surface area contributed by atoms with Gasteiger partial charge < -0.3 is 15.4 Å². The minimum Gasteiger partial charge on any atom is -0.360 e. The molecule has 2 aromatic rings. The number of rotatable bonds is 6. The lowest BCUT2D eigenvalue weighted by molar-refractivity contribution is -0.140. The number of amides is 2. The van der Waals surface area contributed by atoms with Crippen LogP contribution in [0.5, 0.6) is 0 Å². The normalized spacial score (nSPS) is 17.0. The molecule has 0 bridgehead atoms. The zero-order valence-corrected chi connectivity index (χ0v) is 18.1. The Morgan fingerprint density at radius 1 is 1.09 bits per heavy atom. The van der Waals surface area contributed by atoms with Gasteiger partial charge in [0, 0.05) is 13.1 Å². The molecule has 172 valence electrons. The fourth-order valence-electron chi connectivity index (χ4n) is 3.14. The minimum atomic E-state index is -4.01. The predicted molar refractivity (Wildman–Crippen MR) is 111 cm³/mol. The van der Waals surface area contributed by atoms with Gasteiger partial charge in [-0.2, -0.15) is 4.31 Å². The fraction of sp³-hybridized carbons (Fsp3) is 0.333. The van der Waals surface area contributed by atoms with Crippen LogP contribution in [0.3, 0.4) is 0 Å². The molecule has 1 heterocycles. The lowest BCUT2D eigenvalue weighted by Gasteiger charge is -2.34. The van der Waals surface area contributed by atoms with Crippen LogP contribution in [0.2, 0.25) is 0 Å². The number of carbonyl (C=O) groups excluding carboxylic acids is 2. The fourth-order valence-corrected chi connectivity index (χ4v) is 4.79. The van der Waals surface area contributed by atoms with E-state index in [2.05, 4.69) is 10.6 Å². The maximum Gasteiger partial charge on any atom is 0.309 e. The van der Waals surface area contributed by atoms with Crippen molar-refractivity contribution in [3.05, 3.63) is 65.2 Å². The molecular weight excluding hydrogens is 444 g/mol. The second-order valence-corrected chi connectivity index (χ2v) is 9.12. The quantitative estimate of drug-likeness (QED) is 0.626. The van der Waals surface area contributed by atoms with Gasteiger partial charge >= 0.3 is 11.8 Å². The van der Waals surface area contributed by atoms with E-state index < -0.39 is 39.7 Å². The zero-order valence-electron chi connectivity index (χ0n) is 17.3. The summed E-state index contributed by atoms with van der Waals surface area (Å²) in [4.78, 5) is 24.1. The molecule has 0 saturated carbocycles. The number of aryl methyl sites for hydroxylation is 1. The van der Waals surface area contributed by atoms with E-state index >= 15 is 0 Å². The summed E-state index contributed by atoms with van der Waals surface area (Å²) in [5, 5.41) is 4.77. The van der Waals surface area contributed by atoms with Gasteiger partial charge in [-0.15, -0.1) is 0 Å². The Labute approximate surface area is 184 Å². The molecule has 0 spiro atoms. The predicted octanol–water partition coefficient (Wildman–Crippen LogP) is 1.44. The molecule has 32 heavy (non-hydrogen) atoms. The Morgan fingerprint density at radius 2 is 1.78 bits per heavy atom. The van der Waals surface area contributed by atoms with Crippen molar-refractivity contribution in [1.82, 2.24) is 14.9 Å². The van der Waals surface area contributed by atoms with Crippen LogP contribution in [0, 0.1) is 18.6 Å². The average molecular weight is 467 g/mol.